The number of ether oxygens (including phenoxy) is 2. The number of fused-ring (bicyclic) bond motifs is 3. The number of benzene rings is 1. The number of piperidine rings is 1. The minimum absolute atomic E-state index is 0.118. The van der Waals surface area contributed by atoms with Crippen molar-refractivity contribution in [3.63, 3.8) is 0 Å². The molecule has 2 bridgehead atoms. The lowest BCUT2D eigenvalue weighted by Crippen LogP contribution is -2.47. The third-order valence-corrected chi connectivity index (χ3v) is 8.49. The number of methoxy groups -OCH3 is 1. The van der Waals surface area contributed by atoms with Crippen LogP contribution in [0.2, 0.25) is 0 Å². The molecule has 9 nitrogen and oxygen atoms in total. The van der Waals surface area contributed by atoms with E-state index in [1.165, 1.54) is 5.69 Å². The molecule has 3 atom stereocenters. The molecule has 1 aromatic rings. The monoisotopic (exact) mass is 525 g/mol. The normalized spacial score (nSPS) is 26.7. The maximum Gasteiger partial charge on any atom is 0.236 e. The van der Waals surface area contributed by atoms with E-state index in [9.17, 15) is 9.59 Å². The molecular weight excluding hydrogens is 482 g/mol. The summed E-state index contributed by atoms with van der Waals surface area (Å²) in [6.07, 6.45) is 7.66. The number of anilines is 1. The van der Waals surface area contributed by atoms with Crippen LogP contribution in [0.1, 0.15) is 31.2 Å². The van der Waals surface area contributed by atoms with Crippen molar-refractivity contribution in [3.05, 3.63) is 35.9 Å². The van der Waals surface area contributed by atoms with Gasteiger partial charge in [0.15, 0.2) is 0 Å². The molecule has 5 rings (SSSR count). The second-order valence-corrected chi connectivity index (χ2v) is 11.0. The standard InChI is InChI=1S/C29H43N5O4/c1-37-21-26-5-2-11-34(26)28(35)17-22-8-12-33-20-23(22)4-3-15-38-27-7-6-25(32-13-9-30-10-14-32)16-24(27)18-31-19-29(33)36/h3-4,6-7,16,22-23,26,30-31H,2,5,8-15,17-21H2,1H3/t22-,23-,26+/m0/s1. The number of nitrogens with one attached hydrogen (secondary N) is 2. The molecule has 208 valence electrons. The van der Waals surface area contributed by atoms with E-state index in [-0.39, 0.29) is 29.7 Å². The van der Waals surface area contributed by atoms with Gasteiger partial charge >= 0.3 is 0 Å². The molecule has 1 aromatic carbocycles. The minimum Gasteiger partial charge on any atom is -0.489 e. The van der Waals surface area contributed by atoms with Gasteiger partial charge in [-0.1, -0.05) is 12.2 Å². The van der Waals surface area contributed by atoms with Crippen LogP contribution in [0.5, 0.6) is 5.75 Å². The molecule has 38 heavy (non-hydrogen) atoms. The number of likely N-dealkylation sites (tertiary alicyclic amines) is 1. The van der Waals surface area contributed by atoms with E-state index in [2.05, 4.69) is 45.9 Å². The molecule has 2 amide bonds. The Labute approximate surface area is 226 Å². The summed E-state index contributed by atoms with van der Waals surface area (Å²) < 4.78 is 11.6. The molecule has 3 fully saturated rings. The first-order valence-electron chi connectivity index (χ1n) is 14.3. The molecule has 4 aliphatic heterocycles. The molecule has 0 unspecified atom stereocenters. The Morgan fingerprint density at radius 1 is 1.08 bits per heavy atom. The number of nitrogens with zero attached hydrogens (tertiary/aromatic N) is 3. The Hall–Kier alpha value is -2.62. The summed E-state index contributed by atoms with van der Waals surface area (Å²) in [5.74, 6) is 1.55. The first kappa shape index (κ1) is 27.0. The van der Waals surface area contributed by atoms with Gasteiger partial charge in [0.2, 0.25) is 11.8 Å². The van der Waals surface area contributed by atoms with Crippen molar-refractivity contribution in [1.29, 1.82) is 0 Å². The number of carbonyl (C=O) groups is 2. The van der Waals surface area contributed by atoms with Gasteiger partial charge in [0.25, 0.3) is 0 Å². The van der Waals surface area contributed by atoms with E-state index in [1.54, 1.807) is 7.11 Å². The summed E-state index contributed by atoms with van der Waals surface area (Å²) in [7, 11) is 1.70. The van der Waals surface area contributed by atoms with E-state index in [4.69, 9.17) is 9.47 Å². The smallest absolute Gasteiger partial charge is 0.236 e. The molecular formula is C29H43N5O4. The SMILES string of the molecule is COC[C@H]1CCCN1C(=O)C[C@@H]1CCN2C[C@@H]1C=CCOc1ccc(N3CCNCC3)cc1CNCC2=O. The van der Waals surface area contributed by atoms with E-state index in [0.717, 1.165) is 63.3 Å². The first-order chi connectivity index (χ1) is 18.6. The second kappa shape index (κ2) is 13.0. The van der Waals surface area contributed by atoms with Crippen molar-refractivity contribution in [2.24, 2.45) is 11.8 Å². The Morgan fingerprint density at radius 3 is 2.79 bits per heavy atom. The highest BCUT2D eigenvalue weighted by Crippen LogP contribution is 2.31. The van der Waals surface area contributed by atoms with Gasteiger partial charge in [-0.05, 0) is 49.3 Å². The van der Waals surface area contributed by atoms with Crippen molar-refractivity contribution in [3.8, 4) is 5.75 Å². The van der Waals surface area contributed by atoms with Crippen LogP contribution in [0, 0.1) is 11.8 Å². The van der Waals surface area contributed by atoms with Gasteiger partial charge in [0.05, 0.1) is 19.2 Å². The highest BCUT2D eigenvalue weighted by molar-refractivity contribution is 5.79. The molecule has 3 saturated heterocycles. The van der Waals surface area contributed by atoms with Gasteiger partial charge in [0, 0.05) is 77.1 Å². The Bertz CT molecular complexity index is 995. The Morgan fingerprint density at radius 2 is 1.95 bits per heavy atom. The molecule has 0 aliphatic carbocycles. The van der Waals surface area contributed by atoms with E-state index >= 15 is 0 Å². The number of piperazine rings is 1. The molecule has 4 heterocycles. The van der Waals surface area contributed by atoms with E-state index in [1.807, 2.05) is 9.80 Å². The first-order valence-corrected chi connectivity index (χ1v) is 14.3. The number of carbonyl (C=O) groups excluding carboxylic acids is 2. The lowest BCUT2D eigenvalue weighted by molar-refractivity contribution is -0.135. The van der Waals surface area contributed by atoms with Crippen molar-refractivity contribution < 1.29 is 19.1 Å². The fourth-order valence-corrected chi connectivity index (χ4v) is 6.35. The summed E-state index contributed by atoms with van der Waals surface area (Å²) >= 11 is 0. The summed E-state index contributed by atoms with van der Waals surface area (Å²) in [5, 5.41) is 6.77. The average molecular weight is 526 g/mol. The van der Waals surface area contributed by atoms with Crippen LogP contribution in [0.4, 0.5) is 5.69 Å². The lowest BCUT2D eigenvalue weighted by atomic mass is 9.82. The van der Waals surface area contributed by atoms with Crippen LogP contribution >= 0.6 is 0 Å². The van der Waals surface area contributed by atoms with Gasteiger partial charge in [0.1, 0.15) is 12.4 Å². The lowest BCUT2D eigenvalue weighted by Gasteiger charge is -2.38. The fourth-order valence-electron chi connectivity index (χ4n) is 6.35. The van der Waals surface area contributed by atoms with Gasteiger partial charge in [-0.25, -0.2) is 0 Å². The van der Waals surface area contributed by atoms with Crippen molar-refractivity contribution in [2.75, 3.05) is 77.6 Å². The van der Waals surface area contributed by atoms with Gasteiger partial charge in [-0.15, -0.1) is 0 Å². The van der Waals surface area contributed by atoms with Crippen LogP contribution in [-0.2, 0) is 20.9 Å². The largest absolute Gasteiger partial charge is 0.489 e. The zero-order chi connectivity index (χ0) is 26.3. The topological polar surface area (TPSA) is 86.4 Å². The average Bonchev–Trinajstić information content (AvgIpc) is 3.41. The summed E-state index contributed by atoms with van der Waals surface area (Å²) in [4.78, 5) is 32.7. The molecule has 0 spiro atoms. The second-order valence-electron chi connectivity index (χ2n) is 11.0. The summed E-state index contributed by atoms with van der Waals surface area (Å²) in [6.45, 7) is 8.05. The van der Waals surface area contributed by atoms with E-state index in [0.29, 0.717) is 45.8 Å². The molecule has 2 N–H and O–H groups in total. The number of hydrogen-bond donors (Lipinski definition) is 2. The molecule has 0 saturated carbocycles. The van der Waals surface area contributed by atoms with E-state index < -0.39 is 0 Å². The molecule has 0 aromatic heterocycles. The highest BCUT2D eigenvalue weighted by atomic mass is 16.5. The van der Waals surface area contributed by atoms with Crippen molar-refractivity contribution in [1.82, 2.24) is 20.4 Å². The van der Waals surface area contributed by atoms with Gasteiger partial charge in [-0.2, -0.15) is 0 Å². The van der Waals surface area contributed by atoms with Crippen molar-refractivity contribution in [2.45, 2.75) is 38.3 Å². The molecule has 9 heteroatoms. The maximum absolute atomic E-state index is 13.3. The zero-order valence-electron chi connectivity index (χ0n) is 22.7. The van der Waals surface area contributed by atoms with Crippen LogP contribution < -0.4 is 20.3 Å². The van der Waals surface area contributed by atoms with Crippen LogP contribution in [0.15, 0.2) is 30.4 Å². The number of hydrogen-bond acceptors (Lipinski definition) is 7. The fraction of sp³-hybridized carbons (Fsp3) is 0.655. The third kappa shape index (κ3) is 6.50. The van der Waals surface area contributed by atoms with Gasteiger partial charge < -0.3 is 34.8 Å². The molecule has 0 radical (unpaired) electrons. The number of amides is 2. The third-order valence-electron chi connectivity index (χ3n) is 8.49. The quantitative estimate of drug-likeness (QED) is 0.565. The predicted octanol–water partition coefficient (Wildman–Crippen LogP) is 1.63. The predicted molar refractivity (Wildman–Crippen MR) is 147 cm³/mol. The van der Waals surface area contributed by atoms with Crippen LogP contribution in [-0.4, -0.2) is 100 Å². The van der Waals surface area contributed by atoms with Crippen LogP contribution in [0.3, 0.4) is 0 Å². The summed E-state index contributed by atoms with van der Waals surface area (Å²) in [5.41, 5.74) is 2.26. The Balaban J connectivity index is 1.27. The van der Waals surface area contributed by atoms with Gasteiger partial charge in [-0.3, -0.25) is 9.59 Å². The van der Waals surface area contributed by atoms with Crippen LogP contribution in [0.25, 0.3) is 0 Å². The maximum atomic E-state index is 13.3. The highest BCUT2D eigenvalue weighted by Gasteiger charge is 2.35. The summed E-state index contributed by atoms with van der Waals surface area (Å²) in [6, 6.07) is 6.57. The number of rotatable bonds is 5. The molecule has 4 aliphatic rings. The Kier molecular flexibility index (Phi) is 9.19. The minimum atomic E-state index is 0.118. The van der Waals surface area contributed by atoms with Crippen molar-refractivity contribution >= 4 is 17.5 Å². The zero-order valence-corrected chi connectivity index (χ0v) is 22.7.